The molecule has 10 heteroatoms. The summed E-state index contributed by atoms with van der Waals surface area (Å²) in [5.41, 5.74) is 1.25. The number of carboxylic acids is 1. The topological polar surface area (TPSA) is 124 Å². The Kier molecular flexibility index (Phi) is 8.70. The molecule has 1 aliphatic carbocycles. The van der Waals surface area contributed by atoms with Crippen LogP contribution in [-0.4, -0.2) is 71.6 Å². The Hall–Kier alpha value is -2.46. The highest BCUT2D eigenvalue weighted by Crippen LogP contribution is 2.29. The predicted molar refractivity (Wildman–Crippen MR) is 128 cm³/mol. The SMILES string of the molecule is CCCS(=O)(=O)N1CCN(C(=O)c2cccc(C)c2)C1C(=O)NC(CC(=O)O)C1CCCCC1. The number of hydrogen-bond donors (Lipinski definition) is 2. The van der Waals surface area contributed by atoms with Crippen molar-refractivity contribution < 1.29 is 27.9 Å². The smallest absolute Gasteiger partial charge is 0.305 e. The molecule has 2 amide bonds. The summed E-state index contributed by atoms with van der Waals surface area (Å²) in [7, 11) is -3.78. The summed E-state index contributed by atoms with van der Waals surface area (Å²) < 4.78 is 27.1. The number of sulfonamides is 1. The number of benzene rings is 1. The molecule has 0 radical (unpaired) electrons. The van der Waals surface area contributed by atoms with Crippen LogP contribution in [0.3, 0.4) is 0 Å². The zero-order valence-corrected chi connectivity index (χ0v) is 20.7. The molecule has 0 spiro atoms. The van der Waals surface area contributed by atoms with Crippen molar-refractivity contribution in [1.29, 1.82) is 0 Å². The van der Waals surface area contributed by atoms with Crippen LogP contribution >= 0.6 is 0 Å². The number of carboxylic acid groups (broad SMARTS) is 1. The number of nitrogens with one attached hydrogen (secondary N) is 1. The normalized spacial score (nSPS) is 20.8. The molecule has 3 rings (SSSR count). The largest absolute Gasteiger partial charge is 0.481 e. The Labute approximate surface area is 201 Å². The molecule has 1 saturated carbocycles. The van der Waals surface area contributed by atoms with Gasteiger partial charge in [0.2, 0.25) is 10.0 Å². The molecule has 2 unspecified atom stereocenters. The summed E-state index contributed by atoms with van der Waals surface area (Å²) >= 11 is 0. The van der Waals surface area contributed by atoms with Crippen molar-refractivity contribution in [2.75, 3.05) is 18.8 Å². The number of aliphatic carboxylic acids is 1. The summed E-state index contributed by atoms with van der Waals surface area (Å²) in [4.78, 5) is 39.7. The maximum absolute atomic E-state index is 13.6. The second-order valence-electron chi connectivity index (χ2n) is 9.28. The van der Waals surface area contributed by atoms with Gasteiger partial charge in [0, 0.05) is 24.7 Å². The zero-order chi connectivity index (χ0) is 24.9. The molecule has 2 N–H and O–H groups in total. The van der Waals surface area contributed by atoms with Crippen LogP contribution in [0.25, 0.3) is 0 Å². The molecule has 0 bridgehead atoms. The molecule has 1 heterocycles. The third-order valence-electron chi connectivity index (χ3n) is 6.65. The van der Waals surface area contributed by atoms with Gasteiger partial charge >= 0.3 is 5.97 Å². The fourth-order valence-electron chi connectivity index (χ4n) is 5.02. The lowest BCUT2D eigenvalue weighted by Gasteiger charge is -2.34. The number of amides is 2. The second kappa shape index (κ2) is 11.3. The number of aryl methyl sites for hydroxylation is 1. The Bertz CT molecular complexity index is 1010. The number of carbonyl (C=O) groups excluding carboxylic acids is 2. The molecule has 1 aliphatic heterocycles. The number of hydrogen-bond acceptors (Lipinski definition) is 5. The molecular formula is C24H35N3O6S. The van der Waals surface area contributed by atoms with Gasteiger partial charge in [-0.25, -0.2) is 8.42 Å². The van der Waals surface area contributed by atoms with Crippen LogP contribution in [-0.2, 0) is 19.6 Å². The minimum atomic E-state index is -3.78. The number of nitrogens with zero attached hydrogens (tertiary/aromatic N) is 2. The standard InChI is InChI=1S/C24H35N3O6S/c1-3-14-34(32,33)27-13-12-26(24(31)19-11-7-8-17(2)15-19)23(27)22(30)25-20(16-21(28)29)18-9-5-4-6-10-18/h7-8,11,15,18,20,23H,3-6,9-10,12-14,16H2,1-2H3,(H,25,30)(H,28,29). The van der Waals surface area contributed by atoms with Gasteiger partial charge in [0.05, 0.1) is 12.2 Å². The van der Waals surface area contributed by atoms with E-state index < -0.39 is 40.0 Å². The first-order valence-corrected chi connectivity index (χ1v) is 13.6. The lowest BCUT2D eigenvalue weighted by Crippen LogP contribution is -2.57. The lowest BCUT2D eigenvalue weighted by atomic mass is 9.82. The third-order valence-corrected chi connectivity index (χ3v) is 8.67. The molecule has 0 aromatic heterocycles. The van der Waals surface area contributed by atoms with E-state index in [1.165, 1.54) is 4.90 Å². The maximum Gasteiger partial charge on any atom is 0.305 e. The van der Waals surface area contributed by atoms with Crippen molar-refractivity contribution in [3.8, 4) is 0 Å². The van der Waals surface area contributed by atoms with E-state index in [4.69, 9.17) is 0 Å². The van der Waals surface area contributed by atoms with Gasteiger partial charge in [0.15, 0.2) is 6.17 Å². The summed E-state index contributed by atoms with van der Waals surface area (Å²) in [6, 6.07) is 6.32. The van der Waals surface area contributed by atoms with E-state index in [2.05, 4.69) is 5.32 Å². The van der Waals surface area contributed by atoms with Crippen LogP contribution in [0.15, 0.2) is 24.3 Å². The van der Waals surface area contributed by atoms with E-state index in [0.717, 1.165) is 42.0 Å². The highest BCUT2D eigenvalue weighted by molar-refractivity contribution is 7.89. The fourth-order valence-corrected chi connectivity index (χ4v) is 6.64. The first-order chi connectivity index (χ1) is 16.1. The molecule has 1 aromatic carbocycles. The van der Waals surface area contributed by atoms with Crippen LogP contribution in [0.4, 0.5) is 0 Å². The second-order valence-corrected chi connectivity index (χ2v) is 11.3. The Morgan fingerprint density at radius 2 is 1.85 bits per heavy atom. The summed E-state index contributed by atoms with van der Waals surface area (Å²) in [5, 5.41) is 12.3. The summed E-state index contributed by atoms with van der Waals surface area (Å²) in [6.45, 7) is 3.69. The van der Waals surface area contributed by atoms with Gasteiger partial charge in [-0.05, 0) is 44.2 Å². The molecule has 188 valence electrons. The average molecular weight is 494 g/mol. The molecular weight excluding hydrogens is 458 g/mol. The van der Waals surface area contributed by atoms with Crippen LogP contribution in [0, 0.1) is 12.8 Å². The first kappa shape index (κ1) is 26.2. The van der Waals surface area contributed by atoms with E-state index in [9.17, 15) is 27.9 Å². The van der Waals surface area contributed by atoms with Crippen LogP contribution in [0.2, 0.25) is 0 Å². The highest BCUT2D eigenvalue weighted by Gasteiger charge is 2.46. The van der Waals surface area contributed by atoms with Gasteiger partial charge in [0.1, 0.15) is 0 Å². The minimum absolute atomic E-state index is 0.0110. The molecule has 1 aromatic rings. The monoisotopic (exact) mass is 493 g/mol. The van der Waals surface area contributed by atoms with Crippen LogP contribution in [0.5, 0.6) is 0 Å². The van der Waals surface area contributed by atoms with Crippen LogP contribution < -0.4 is 5.32 Å². The van der Waals surface area contributed by atoms with Crippen molar-refractivity contribution >= 4 is 27.8 Å². The Morgan fingerprint density at radius 1 is 1.15 bits per heavy atom. The molecule has 2 fully saturated rings. The van der Waals surface area contributed by atoms with Gasteiger partial charge < -0.3 is 15.3 Å². The van der Waals surface area contributed by atoms with Gasteiger partial charge in [-0.15, -0.1) is 0 Å². The van der Waals surface area contributed by atoms with Crippen molar-refractivity contribution in [2.24, 2.45) is 5.92 Å². The van der Waals surface area contributed by atoms with Gasteiger partial charge in [0.25, 0.3) is 11.8 Å². The molecule has 9 nitrogen and oxygen atoms in total. The molecule has 2 atom stereocenters. The van der Waals surface area contributed by atoms with Crippen molar-refractivity contribution in [3.63, 3.8) is 0 Å². The third kappa shape index (κ3) is 6.15. The van der Waals surface area contributed by atoms with Gasteiger partial charge in [-0.2, -0.15) is 4.31 Å². The van der Waals surface area contributed by atoms with Gasteiger partial charge in [-0.3, -0.25) is 14.4 Å². The predicted octanol–water partition coefficient (Wildman–Crippen LogP) is 2.36. The molecule has 34 heavy (non-hydrogen) atoms. The van der Waals surface area contributed by atoms with Crippen LogP contribution in [0.1, 0.15) is 67.8 Å². The molecule has 1 saturated heterocycles. The van der Waals surface area contributed by atoms with Crippen molar-refractivity contribution in [2.45, 2.75) is 71.0 Å². The lowest BCUT2D eigenvalue weighted by molar-refractivity contribution is -0.138. The fraction of sp³-hybridized carbons (Fsp3) is 0.625. The van der Waals surface area contributed by atoms with E-state index in [1.54, 1.807) is 25.1 Å². The Morgan fingerprint density at radius 3 is 2.47 bits per heavy atom. The van der Waals surface area contributed by atoms with Crippen molar-refractivity contribution in [3.05, 3.63) is 35.4 Å². The number of rotatable bonds is 9. The quantitative estimate of drug-likeness (QED) is 0.544. The summed E-state index contributed by atoms with van der Waals surface area (Å²) in [5.74, 6) is -2.22. The zero-order valence-electron chi connectivity index (χ0n) is 19.9. The highest BCUT2D eigenvalue weighted by atomic mass is 32.2. The van der Waals surface area contributed by atoms with E-state index in [-0.39, 0.29) is 31.2 Å². The number of carbonyl (C=O) groups is 3. The minimum Gasteiger partial charge on any atom is -0.481 e. The first-order valence-electron chi connectivity index (χ1n) is 12.0. The Balaban J connectivity index is 1.91. The average Bonchev–Trinajstić information content (AvgIpc) is 3.25. The van der Waals surface area contributed by atoms with E-state index in [1.807, 2.05) is 13.0 Å². The van der Waals surface area contributed by atoms with Crippen molar-refractivity contribution in [1.82, 2.24) is 14.5 Å². The van der Waals surface area contributed by atoms with E-state index >= 15 is 0 Å². The summed E-state index contributed by atoms with van der Waals surface area (Å²) in [6.07, 6.45) is 3.43. The van der Waals surface area contributed by atoms with E-state index in [0.29, 0.717) is 12.0 Å². The molecule has 2 aliphatic rings. The van der Waals surface area contributed by atoms with Gasteiger partial charge in [-0.1, -0.05) is 43.9 Å². The maximum atomic E-state index is 13.6.